The highest BCUT2D eigenvalue weighted by Crippen LogP contribution is 1.87. The number of allylic oxidation sites excluding steroid dienone is 21. The fraction of sp³-hybridized carbons (Fsp3) is 0.0833. The summed E-state index contributed by atoms with van der Waals surface area (Å²) in [6.07, 6.45) is 42.8. The van der Waals surface area contributed by atoms with Crippen molar-refractivity contribution in [2.75, 3.05) is 0 Å². The molecule has 0 aliphatic heterocycles. The number of rotatable bonds is 11. The maximum atomic E-state index is 3.61. The van der Waals surface area contributed by atoms with Crippen LogP contribution in [0.5, 0.6) is 0 Å². The van der Waals surface area contributed by atoms with Crippen molar-refractivity contribution in [3.8, 4) is 0 Å². The normalized spacial score (nSPS) is 14.4. The van der Waals surface area contributed by atoms with Gasteiger partial charge in [-0.3, -0.25) is 0 Å². The summed E-state index contributed by atoms with van der Waals surface area (Å²) >= 11 is 0. The van der Waals surface area contributed by atoms with Crippen LogP contribution < -0.4 is 0 Å². The van der Waals surface area contributed by atoms with Gasteiger partial charge in [0.25, 0.3) is 0 Å². The first-order chi connectivity index (χ1) is 11.9. The lowest BCUT2D eigenvalue weighted by atomic mass is 10.3. The van der Waals surface area contributed by atoms with Gasteiger partial charge in [0.2, 0.25) is 0 Å². The minimum absolute atomic E-state index is 1.07. The van der Waals surface area contributed by atoms with Crippen molar-refractivity contribution in [1.29, 1.82) is 0 Å². The summed E-state index contributed by atoms with van der Waals surface area (Å²) in [4.78, 5) is 0. The minimum Gasteiger partial charge on any atom is -0.0991 e. The third-order valence-corrected chi connectivity index (χ3v) is 2.51. The Balaban J connectivity index is 3.89. The van der Waals surface area contributed by atoms with Gasteiger partial charge < -0.3 is 0 Å². The van der Waals surface area contributed by atoms with E-state index in [4.69, 9.17) is 0 Å². The molecule has 0 fully saturated rings. The molecule has 0 aliphatic rings. The van der Waals surface area contributed by atoms with Crippen molar-refractivity contribution in [2.45, 2.75) is 13.3 Å². The molecule has 0 nitrogen and oxygen atoms in total. The van der Waals surface area contributed by atoms with Crippen LogP contribution in [0.2, 0.25) is 0 Å². The smallest absolute Gasteiger partial charge is 0.0376 e. The van der Waals surface area contributed by atoms with Gasteiger partial charge in [0, 0.05) is 0 Å². The lowest BCUT2D eigenvalue weighted by Crippen LogP contribution is -1.54. The zero-order valence-corrected chi connectivity index (χ0v) is 14.5. The highest BCUT2D eigenvalue weighted by Gasteiger charge is 1.65. The first kappa shape index (κ1) is 21.1. The molecule has 0 spiro atoms. The van der Waals surface area contributed by atoms with Crippen molar-refractivity contribution in [3.05, 3.63) is 134 Å². The minimum atomic E-state index is 1.07. The third-order valence-electron chi connectivity index (χ3n) is 2.51. The van der Waals surface area contributed by atoms with E-state index in [0.717, 1.165) is 6.42 Å². The van der Waals surface area contributed by atoms with Crippen LogP contribution in [0.3, 0.4) is 0 Å². The first-order valence-electron chi connectivity index (χ1n) is 8.19. The van der Waals surface area contributed by atoms with Crippen molar-refractivity contribution >= 4 is 0 Å². The molecule has 0 bridgehead atoms. The lowest BCUT2D eigenvalue weighted by Gasteiger charge is -1.76. The molecular formula is C24H28. The molecule has 0 heterocycles. The van der Waals surface area contributed by atoms with E-state index in [9.17, 15) is 0 Å². The van der Waals surface area contributed by atoms with E-state index in [2.05, 4.69) is 25.7 Å². The van der Waals surface area contributed by atoms with E-state index in [1.54, 1.807) is 6.08 Å². The molecule has 24 heavy (non-hydrogen) atoms. The van der Waals surface area contributed by atoms with Gasteiger partial charge in [-0.25, -0.2) is 0 Å². The molecule has 0 aromatic carbocycles. The van der Waals surface area contributed by atoms with Gasteiger partial charge in [-0.1, -0.05) is 141 Å². The monoisotopic (exact) mass is 316 g/mol. The highest BCUT2D eigenvalue weighted by molar-refractivity contribution is 5.22. The van der Waals surface area contributed by atoms with E-state index in [-0.39, 0.29) is 0 Å². The molecule has 0 heteroatoms. The average molecular weight is 316 g/mol. The second kappa shape index (κ2) is 20.1. The summed E-state index contributed by atoms with van der Waals surface area (Å²) in [5, 5.41) is 0. The maximum Gasteiger partial charge on any atom is -0.0376 e. The van der Waals surface area contributed by atoms with E-state index >= 15 is 0 Å². The SMILES string of the molecule is C=CC=CC=CC=CC=CC=CC=CC=CC=CC=CC=CCC. The van der Waals surface area contributed by atoms with E-state index < -0.39 is 0 Å². The summed E-state index contributed by atoms with van der Waals surface area (Å²) in [5.41, 5.74) is 0. The molecule has 0 rings (SSSR count). The summed E-state index contributed by atoms with van der Waals surface area (Å²) in [5.74, 6) is 0. The summed E-state index contributed by atoms with van der Waals surface area (Å²) in [6, 6.07) is 0. The fourth-order valence-corrected chi connectivity index (χ4v) is 1.38. The van der Waals surface area contributed by atoms with Crippen LogP contribution in [0.4, 0.5) is 0 Å². The summed E-state index contributed by atoms with van der Waals surface area (Å²) in [7, 11) is 0. The Morgan fingerprint density at radius 2 is 0.667 bits per heavy atom. The van der Waals surface area contributed by atoms with Gasteiger partial charge in [0.05, 0.1) is 0 Å². The standard InChI is InChI=1S/C24H28/c1-3-5-7-9-11-13-15-17-19-21-23-24-22-20-18-16-14-12-10-8-6-4-2/h3,5-24H,1,4H2,2H3. The molecule has 0 aromatic heterocycles. The predicted octanol–water partition coefficient (Wildman–Crippen LogP) is 7.14. The molecule has 0 atom stereocenters. The van der Waals surface area contributed by atoms with E-state index in [1.807, 2.05) is 109 Å². The van der Waals surface area contributed by atoms with Crippen molar-refractivity contribution in [1.82, 2.24) is 0 Å². The zero-order valence-electron chi connectivity index (χ0n) is 14.5. The molecule has 0 saturated carbocycles. The van der Waals surface area contributed by atoms with Gasteiger partial charge in [-0.05, 0) is 6.42 Å². The van der Waals surface area contributed by atoms with Crippen molar-refractivity contribution in [2.24, 2.45) is 0 Å². The van der Waals surface area contributed by atoms with Gasteiger partial charge in [-0.15, -0.1) is 0 Å². The quantitative estimate of drug-likeness (QED) is 0.355. The maximum absolute atomic E-state index is 3.61. The summed E-state index contributed by atoms with van der Waals surface area (Å²) in [6.45, 7) is 5.73. The molecule has 0 N–H and O–H groups in total. The number of hydrogen-bond donors (Lipinski definition) is 0. The Hall–Kier alpha value is -2.86. The topological polar surface area (TPSA) is 0 Å². The molecule has 0 aliphatic carbocycles. The Labute approximate surface area is 148 Å². The van der Waals surface area contributed by atoms with Gasteiger partial charge in [0.15, 0.2) is 0 Å². The second-order valence-corrected chi connectivity index (χ2v) is 4.54. The van der Waals surface area contributed by atoms with Crippen LogP contribution in [0.25, 0.3) is 0 Å². The molecule has 0 radical (unpaired) electrons. The van der Waals surface area contributed by atoms with Crippen molar-refractivity contribution in [3.63, 3.8) is 0 Å². The van der Waals surface area contributed by atoms with Crippen LogP contribution in [0.15, 0.2) is 134 Å². The molecule has 0 amide bonds. The Morgan fingerprint density at radius 1 is 0.417 bits per heavy atom. The largest absolute Gasteiger partial charge is 0.0991 e. The number of hydrogen-bond acceptors (Lipinski definition) is 0. The van der Waals surface area contributed by atoms with E-state index in [1.165, 1.54) is 0 Å². The van der Waals surface area contributed by atoms with E-state index in [0.29, 0.717) is 0 Å². The van der Waals surface area contributed by atoms with Crippen LogP contribution in [0, 0.1) is 0 Å². The van der Waals surface area contributed by atoms with Gasteiger partial charge >= 0.3 is 0 Å². The van der Waals surface area contributed by atoms with Crippen LogP contribution in [0.1, 0.15) is 13.3 Å². The lowest BCUT2D eigenvalue weighted by molar-refractivity contribution is 1.22. The average Bonchev–Trinajstić information content (AvgIpc) is 2.60. The zero-order chi connectivity index (χ0) is 17.6. The Morgan fingerprint density at radius 3 is 0.917 bits per heavy atom. The molecular weight excluding hydrogens is 288 g/mol. The van der Waals surface area contributed by atoms with Crippen LogP contribution in [-0.4, -0.2) is 0 Å². The van der Waals surface area contributed by atoms with Crippen molar-refractivity contribution < 1.29 is 0 Å². The first-order valence-corrected chi connectivity index (χ1v) is 8.19. The molecule has 0 saturated heterocycles. The second-order valence-electron chi connectivity index (χ2n) is 4.54. The molecule has 0 unspecified atom stereocenters. The Kier molecular flexibility index (Phi) is 17.7. The summed E-state index contributed by atoms with van der Waals surface area (Å²) < 4.78 is 0. The highest BCUT2D eigenvalue weighted by atomic mass is 13.7. The Bertz CT molecular complexity index is 580. The molecule has 0 aromatic rings. The van der Waals surface area contributed by atoms with Gasteiger partial charge in [-0.2, -0.15) is 0 Å². The predicted molar refractivity (Wildman–Crippen MR) is 112 cm³/mol. The fourth-order valence-electron chi connectivity index (χ4n) is 1.38. The van der Waals surface area contributed by atoms with Crippen LogP contribution >= 0.6 is 0 Å². The molecule has 124 valence electrons. The third kappa shape index (κ3) is 19.1. The van der Waals surface area contributed by atoms with Crippen LogP contribution in [-0.2, 0) is 0 Å². The van der Waals surface area contributed by atoms with Gasteiger partial charge in [0.1, 0.15) is 0 Å².